The van der Waals surface area contributed by atoms with Crippen molar-refractivity contribution in [2.75, 3.05) is 19.0 Å². The van der Waals surface area contributed by atoms with Gasteiger partial charge >= 0.3 is 0 Å². The summed E-state index contributed by atoms with van der Waals surface area (Å²) in [5.41, 5.74) is 4.52. The molecular formula is C21H19NO3. The maximum atomic E-state index is 12.6. The van der Waals surface area contributed by atoms with E-state index in [0.29, 0.717) is 23.5 Å². The summed E-state index contributed by atoms with van der Waals surface area (Å²) in [4.78, 5) is 12.6. The molecule has 0 aliphatic heterocycles. The second-order valence-electron chi connectivity index (χ2n) is 5.81. The van der Waals surface area contributed by atoms with Gasteiger partial charge in [-0.2, -0.15) is 0 Å². The third-order valence-electron chi connectivity index (χ3n) is 4.13. The summed E-state index contributed by atoms with van der Waals surface area (Å²) < 4.78 is 10.9. The molecule has 0 heterocycles. The first kappa shape index (κ1) is 16.7. The Morgan fingerprint density at radius 3 is 2.80 bits per heavy atom. The minimum absolute atomic E-state index is 0.101. The highest BCUT2D eigenvalue weighted by Crippen LogP contribution is 2.36. The van der Waals surface area contributed by atoms with Gasteiger partial charge in [0.2, 0.25) is 0 Å². The molecule has 1 amide bonds. The summed E-state index contributed by atoms with van der Waals surface area (Å²) in [7, 11) is 1.58. The number of terminal acetylenes is 1. The molecule has 25 heavy (non-hydrogen) atoms. The zero-order valence-electron chi connectivity index (χ0n) is 14.3. The number of fused-ring (bicyclic) bond motifs is 1. The summed E-state index contributed by atoms with van der Waals surface area (Å²) in [6, 6.07) is 11.5. The highest BCUT2D eigenvalue weighted by atomic mass is 16.5. The van der Waals surface area contributed by atoms with Crippen molar-refractivity contribution in [1.82, 2.24) is 0 Å². The van der Waals surface area contributed by atoms with Crippen molar-refractivity contribution in [3.63, 3.8) is 0 Å². The molecule has 0 fully saturated rings. The van der Waals surface area contributed by atoms with Gasteiger partial charge in [-0.05, 0) is 47.9 Å². The van der Waals surface area contributed by atoms with Crippen LogP contribution in [0.5, 0.6) is 11.5 Å². The average Bonchev–Trinajstić information content (AvgIpc) is 3.04. The summed E-state index contributed by atoms with van der Waals surface area (Å²) in [6.07, 6.45) is 7.68. The number of para-hydroxylation sites is 1. The lowest BCUT2D eigenvalue weighted by Crippen LogP contribution is -2.15. The van der Waals surface area contributed by atoms with E-state index in [-0.39, 0.29) is 12.5 Å². The van der Waals surface area contributed by atoms with Gasteiger partial charge in [-0.1, -0.05) is 24.1 Å². The minimum atomic E-state index is -0.101. The largest absolute Gasteiger partial charge is 0.493 e. The molecule has 0 unspecified atom stereocenters. The summed E-state index contributed by atoms with van der Waals surface area (Å²) in [5, 5.41) is 2.97. The van der Waals surface area contributed by atoms with Gasteiger partial charge in [-0.25, -0.2) is 0 Å². The van der Waals surface area contributed by atoms with Crippen LogP contribution in [0.3, 0.4) is 0 Å². The number of carbonyl (C=O) groups is 1. The second-order valence-corrected chi connectivity index (χ2v) is 5.81. The van der Waals surface area contributed by atoms with Gasteiger partial charge < -0.3 is 14.8 Å². The molecule has 0 saturated carbocycles. The maximum absolute atomic E-state index is 12.6. The number of anilines is 1. The Morgan fingerprint density at radius 1 is 1.28 bits per heavy atom. The number of amides is 1. The molecule has 1 aliphatic rings. The van der Waals surface area contributed by atoms with Crippen molar-refractivity contribution < 1.29 is 14.3 Å². The Hall–Kier alpha value is -3.19. The van der Waals surface area contributed by atoms with Crippen LogP contribution in [0, 0.1) is 19.3 Å². The molecule has 0 bridgehead atoms. The monoisotopic (exact) mass is 333 g/mol. The van der Waals surface area contributed by atoms with Gasteiger partial charge in [0.25, 0.3) is 5.91 Å². The van der Waals surface area contributed by atoms with Crippen LogP contribution in [-0.4, -0.2) is 19.6 Å². The normalized spacial score (nSPS) is 12.0. The van der Waals surface area contributed by atoms with Crippen molar-refractivity contribution in [2.24, 2.45) is 0 Å². The van der Waals surface area contributed by atoms with Crippen LogP contribution in [0.4, 0.5) is 5.69 Å². The number of aryl methyl sites for hydroxylation is 1. The SMILES string of the molecule is C#CCOc1cc2c(cc1OC)CC(C(=O)Nc1ccccc1C)=C2. The lowest BCUT2D eigenvalue weighted by Gasteiger charge is -2.11. The van der Waals surface area contributed by atoms with Crippen molar-refractivity contribution >= 4 is 17.7 Å². The Balaban J connectivity index is 1.82. The molecular weight excluding hydrogens is 314 g/mol. The van der Waals surface area contributed by atoms with Gasteiger partial charge in [0.1, 0.15) is 6.61 Å². The molecule has 0 radical (unpaired) electrons. The molecule has 4 heteroatoms. The van der Waals surface area contributed by atoms with Crippen LogP contribution in [0.2, 0.25) is 0 Å². The summed E-state index contributed by atoms with van der Waals surface area (Å²) in [5.74, 6) is 3.53. The first-order valence-electron chi connectivity index (χ1n) is 7.97. The Kier molecular flexibility index (Phi) is 4.76. The molecule has 1 aliphatic carbocycles. The summed E-state index contributed by atoms with van der Waals surface area (Å²) in [6.45, 7) is 2.13. The van der Waals surface area contributed by atoms with Gasteiger partial charge in [0, 0.05) is 17.7 Å². The quantitative estimate of drug-likeness (QED) is 0.851. The van der Waals surface area contributed by atoms with Crippen LogP contribution in [0.1, 0.15) is 16.7 Å². The van der Waals surface area contributed by atoms with Crippen LogP contribution in [-0.2, 0) is 11.2 Å². The number of benzene rings is 2. The van der Waals surface area contributed by atoms with E-state index in [0.717, 1.165) is 22.4 Å². The fourth-order valence-corrected chi connectivity index (χ4v) is 2.80. The van der Waals surface area contributed by atoms with Gasteiger partial charge in [0.05, 0.1) is 7.11 Å². The molecule has 2 aromatic carbocycles. The zero-order valence-corrected chi connectivity index (χ0v) is 14.3. The van der Waals surface area contributed by atoms with E-state index < -0.39 is 0 Å². The maximum Gasteiger partial charge on any atom is 0.251 e. The predicted octanol–water partition coefficient (Wildman–Crippen LogP) is 3.59. The first-order chi connectivity index (χ1) is 12.1. The number of rotatable bonds is 5. The van der Waals surface area contributed by atoms with E-state index in [4.69, 9.17) is 15.9 Å². The number of carbonyl (C=O) groups excluding carboxylic acids is 1. The lowest BCUT2D eigenvalue weighted by atomic mass is 10.1. The van der Waals surface area contributed by atoms with Crippen LogP contribution >= 0.6 is 0 Å². The van der Waals surface area contributed by atoms with Crippen molar-refractivity contribution in [2.45, 2.75) is 13.3 Å². The third kappa shape index (κ3) is 3.51. The van der Waals surface area contributed by atoms with Crippen molar-refractivity contribution in [1.29, 1.82) is 0 Å². The lowest BCUT2D eigenvalue weighted by molar-refractivity contribution is -0.112. The number of hydrogen-bond acceptors (Lipinski definition) is 3. The third-order valence-corrected chi connectivity index (χ3v) is 4.13. The van der Waals surface area contributed by atoms with Crippen LogP contribution in [0.15, 0.2) is 42.0 Å². The van der Waals surface area contributed by atoms with E-state index in [1.54, 1.807) is 7.11 Å². The van der Waals surface area contributed by atoms with Crippen LogP contribution < -0.4 is 14.8 Å². The smallest absolute Gasteiger partial charge is 0.251 e. The average molecular weight is 333 g/mol. The van der Waals surface area contributed by atoms with E-state index in [1.165, 1.54) is 0 Å². The number of hydrogen-bond donors (Lipinski definition) is 1. The zero-order chi connectivity index (χ0) is 17.8. The molecule has 126 valence electrons. The molecule has 0 spiro atoms. The van der Waals surface area contributed by atoms with Crippen LogP contribution in [0.25, 0.3) is 6.08 Å². The molecule has 3 rings (SSSR count). The van der Waals surface area contributed by atoms with E-state index >= 15 is 0 Å². The molecule has 4 nitrogen and oxygen atoms in total. The predicted molar refractivity (Wildman–Crippen MR) is 98.8 cm³/mol. The van der Waals surface area contributed by atoms with E-state index in [9.17, 15) is 4.79 Å². The van der Waals surface area contributed by atoms with Gasteiger partial charge in [0.15, 0.2) is 11.5 Å². The Labute approximate surface area is 147 Å². The molecule has 0 atom stereocenters. The summed E-state index contributed by atoms with van der Waals surface area (Å²) >= 11 is 0. The second kappa shape index (κ2) is 7.14. The number of nitrogens with one attached hydrogen (secondary N) is 1. The fourth-order valence-electron chi connectivity index (χ4n) is 2.80. The van der Waals surface area contributed by atoms with Gasteiger partial charge in [-0.3, -0.25) is 4.79 Å². The molecule has 0 aromatic heterocycles. The standard InChI is InChI=1S/C21H19NO3/c1-4-9-25-20-13-16-11-17(10-15(16)12-19(20)24-3)21(23)22-18-8-6-5-7-14(18)2/h1,5-8,11-13H,9-10H2,2-3H3,(H,22,23). The van der Waals surface area contributed by atoms with Crippen molar-refractivity contribution in [3.05, 3.63) is 58.7 Å². The van der Waals surface area contributed by atoms with E-state index in [1.807, 2.05) is 49.4 Å². The number of ether oxygens (including phenoxy) is 2. The first-order valence-corrected chi connectivity index (χ1v) is 7.97. The Bertz CT molecular complexity index is 890. The topological polar surface area (TPSA) is 47.6 Å². The van der Waals surface area contributed by atoms with Crippen molar-refractivity contribution in [3.8, 4) is 23.8 Å². The molecule has 2 aromatic rings. The fraction of sp³-hybridized carbons (Fsp3) is 0.190. The molecule has 0 saturated heterocycles. The number of methoxy groups -OCH3 is 1. The van der Waals surface area contributed by atoms with E-state index in [2.05, 4.69) is 11.2 Å². The highest BCUT2D eigenvalue weighted by molar-refractivity contribution is 6.08. The van der Waals surface area contributed by atoms with Gasteiger partial charge in [-0.15, -0.1) is 6.42 Å². The Morgan fingerprint density at radius 2 is 2.08 bits per heavy atom. The highest BCUT2D eigenvalue weighted by Gasteiger charge is 2.21. The minimum Gasteiger partial charge on any atom is -0.493 e. The molecule has 1 N–H and O–H groups in total.